The van der Waals surface area contributed by atoms with Crippen LogP contribution in [0, 0.1) is 0 Å². The summed E-state index contributed by atoms with van der Waals surface area (Å²) in [7, 11) is 1.70. The van der Waals surface area contributed by atoms with E-state index in [4.69, 9.17) is 4.74 Å². The normalized spacial score (nSPS) is 12.2. The van der Waals surface area contributed by atoms with E-state index in [1.54, 1.807) is 13.3 Å². The van der Waals surface area contributed by atoms with Crippen LogP contribution in [0.15, 0.2) is 30.5 Å². The second-order valence-corrected chi connectivity index (χ2v) is 4.56. The molecule has 0 fully saturated rings. The predicted octanol–water partition coefficient (Wildman–Crippen LogP) is 2.55. The molecule has 2 aromatic heterocycles. The second-order valence-electron chi connectivity index (χ2n) is 4.56. The van der Waals surface area contributed by atoms with Crippen molar-refractivity contribution in [1.82, 2.24) is 15.0 Å². The number of anilines is 1. The summed E-state index contributed by atoms with van der Waals surface area (Å²) in [6.07, 6.45) is 2.74. The Balaban J connectivity index is 2.25. The molecule has 0 aliphatic carbocycles. The van der Waals surface area contributed by atoms with Gasteiger partial charge in [-0.3, -0.25) is 4.98 Å². The third-order valence-corrected chi connectivity index (χ3v) is 3.01. The Morgan fingerprint density at radius 1 is 1.30 bits per heavy atom. The fraction of sp³-hybridized carbons (Fsp3) is 0.400. The zero-order chi connectivity index (χ0) is 14.4. The Bertz CT molecular complexity index is 545. The van der Waals surface area contributed by atoms with Crippen LogP contribution in [0.4, 0.5) is 5.82 Å². The highest BCUT2D eigenvalue weighted by atomic mass is 16.5. The van der Waals surface area contributed by atoms with Crippen LogP contribution in [-0.4, -0.2) is 34.7 Å². The summed E-state index contributed by atoms with van der Waals surface area (Å²) >= 11 is 0. The van der Waals surface area contributed by atoms with E-state index in [0.717, 1.165) is 23.6 Å². The molecule has 5 nitrogen and oxygen atoms in total. The van der Waals surface area contributed by atoms with Crippen molar-refractivity contribution in [3.63, 3.8) is 0 Å². The summed E-state index contributed by atoms with van der Waals surface area (Å²) in [6.45, 7) is 4.79. The molecule has 1 unspecified atom stereocenters. The van der Waals surface area contributed by atoms with Gasteiger partial charge in [-0.25, -0.2) is 9.97 Å². The highest BCUT2D eigenvalue weighted by Gasteiger charge is 2.08. The first-order chi connectivity index (χ1) is 9.72. The molecule has 0 amide bonds. The number of nitrogens with one attached hydrogen (secondary N) is 1. The molecule has 0 bridgehead atoms. The summed E-state index contributed by atoms with van der Waals surface area (Å²) in [5.41, 5.74) is 1.78. The Labute approximate surface area is 119 Å². The van der Waals surface area contributed by atoms with Gasteiger partial charge in [0.1, 0.15) is 11.5 Å². The highest BCUT2D eigenvalue weighted by molar-refractivity contribution is 5.52. The van der Waals surface area contributed by atoms with Gasteiger partial charge in [-0.05, 0) is 25.5 Å². The number of rotatable bonds is 6. The summed E-state index contributed by atoms with van der Waals surface area (Å²) in [6, 6.07) is 7.70. The number of ether oxygens (including phenoxy) is 1. The monoisotopic (exact) mass is 272 g/mol. The first kappa shape index (κ1) is 14.4. The molecule has 0 spiro atoms. The molecule has 2 rings (SSSR count). The average molecular weight is 272 g/mol. The third kappa shape index (κ3) is 3.74. The number of nitrogens with zero attached hydrogens (tertiary/aromatic N) is 3. The lowest BCUT2D eigenvalue weighted by Gasteiger charge is -2.12. The van der Waals surface area contributed by atoms with Crippen molar-refractivity contribution in [1.29, 1.82) is 0 Å². The van der Waals surface area contributed by atoms with Crippen molar-refractivity contribution in [2.24, 2.45) is 0 Å². The standard InChI is InChI=1S/C15H20N4O/c1-4-12-9-14(17-10-11(2)20-3)19-15(18-12)13-7-5-6-8-16-13/h5-9,11H,4,10H2,1-3H3,(H,17,18,19). The third-order valence-electron chi connectivity index (χ3n) is 3.01. The van der Waals surface area contributed by atoms with Crippen LogP contribution in [0.3, 0.4) is 0 Å². The molecule has 0 aliphatic heterocycles. The smallest absolute Gasteiger partial charge is 0.180 e. The van der Waals surface area contributed by atoms with E-state index >= 15 is 0 Å². The van der Waals surface area contributed by atoms with Gasteiger partial charge in [0.15, 0.2) is 5.82 Å². The predicted molar refractivity (Wildman–Crippen MR) is 79.6 cm³/mol. The minimum Gasteiger partial charge on any atom is -0.380 e. The second kappa shape index (κ2) is 6.96. The molecular weight excluding hydrogens is 252 g/mol. The van der Waals surface area contributed by atoms with Crippen molar-refractivity contribution in [2.45, 2.75) is 26.4 Å². The van der Waals surface area contributed by atoms with Crippen molar-refractivity contribution in [2.75, 3.05) is 19.0 Å². The topological polar surface area (TPSA) is 59.9 Å². The number of aromatic nitrogens is 3. The Hall–Kier alpha value is -2.01. The first-order valence-electron chi connectivity index (χ1n) is 6.79. The van der Waals surface area contributed by atoms with Crippen molar-refractivity contribution in [3.8, 4) is 11.5 Å². The quantitative estimate of drug-likeness (QED) is 0.875. The van der Waals surface area contributed by atoms with E-state index in [1.165, 1.54) is 0 Å². The van der Waals surface area contributed by atoms with Crippen molar-refractivity contribution >= 4 is 5.82 Å². The Kier molecular flexibility index (Phi) is 5.01. The maximum atomic E-state index is 5.23. The van der Waals surface area contributed by atoms with Gasteiger partial charge in [-0.15, -0.1) is 0 Å². The largest absolute Gasteiger partial charge is 0.380 e. The summed E-state index contributed by atoms with van der Waals surface area (Å²) in [4.78, 5) is 13.3. The molecule has 20 heavy (non-hydrogen) atoms. The average Bonchev–Trinajstić information content (AvgIpc) is 2.53. The number of hydrogen-bond donors (Lipinski definition) is 1. The number of aryl methyl sites for hydroxylation is 1. The van der Waals surface area contributed by atoms with Crippen LogP contribution in [0.25, 0.3) is 11.5 Å². The molecule has 5 heteroatoms. The van der Waals surface area contributed by atoms with Crippen molar-refractivity contribution < 1.29 is 4.74 Å². The van der Waals surface area contributed by atoms with Crippen LogP contribution >= 0.6 is 0 Å². The minimum absolute atomic E-state index is 0.133. The molecule has 0 saturated carbocycles. The lowest BCUT2D eigenvalue weighted by atomic mass is 10.2. The summed E-state index contributed by atoms with van der Waals surface area (Å²) in [5, 5.41) is 3.28. The lowest BCUT2D eigenvalue weighted by Crippen LogP contribution is -2.19. The van der Waals surface area contributed by atoms with E-state index < -0.39 is 0 Å². The maximum Gasteiger partial charge on any atom is 0.180 e. The molecule has 0 aromatic carbocycles. The van der Waals surface area contributed by atoms with Crippen LogP contribution in [0.2, 0.25) is 0 Å². The molecule has 2 heterocycles. The van der Waals surface area contributed by atoms with Crippen LogP contribution in [-0.2, 0) is 11.2 Å². The molecule has 0 radical (unpaired) electrons. The van der Waals surface area contributed by atoms with Gasteiger partial charge in [0, 0.05) is 31.6 Å². The maximum absolute atomic E-state index is 5.23. The van der Waals surface area contributed by atoms with Gasteiger partial charge in [0.25, 0.3) is 0 Å². The first-order valence-corrected chi connectivity index (χ1v) is 6.79. The van der Waals surface area contributed by atoms with Crippen LogP contribution in [0.1, 0.15) is 19.5 Å². The highest BCUT2D eigenvalue weighted by Crippen LogP contribution is 2.16. The molecule has 1 N–H and O–H groups in total. The Morgan fingerprint density at radius 3 is 2.80 bits per heavy atom. The van der Waals surface area contributed by atoms with Crippen molar-refractivity contribution in [3.05, 3.63) is 36.2 Å². The van der Waals surface area contributed by atoms with Gasteiger partial charge >= 0.3 is 0 Å². The number of methoxy groups -OCH3 is 1. The van der Waals surface area contributed by atoms with E-state index in [-0.39, 0.29) is 6.10 Å². The fourth-order valence-electron chi connectivity index (χ4n) is 1.71. The number of hydrogen-bond acceptors (Lipinski definition) is 5. The van der Waals surface area contributed by atoms with E-state index in [1.807, 2.05) is 31.2 Å². The van der Waals surface area contributed by atoms with E-state index in [0.29, 0.717) is 12.4 Å². The molecule has 2 aromatic rings. The molecule has 0 aliphatic rings. The zero-order valence-corrected chi connectivity index (χ0v) is 12.1. The van der Waals surface area contributed by atoms with E-state index in [9.17, 15) is 0 Å². The summed E-state index contributed by atoms with van der Waals surface area (Å²) < 4.78 is 5.23. The van der Waals surface area contributed by atoms with Crippen LogP contribution in [0.5, 0.6) is 0 Å². The molecule has 0 saturated heterocycles. The van der Waals surface area contributed by atoms with E-state index in [2.05, 4.69) is 27.2 Å². The number of pyridine rings is 1. The molecule has 106 valence electrons. The zero-order valence-electron chi connectivity index (χ0n) is 12.1. The minimum atomic E-state index is 0.133. The van der Waals surface area contributed by atoms with Crippen LogP contribution < -0.4 is 5.32 Å². The van der Waals surface area contributed by atoms with Gasteiger partial charge in [0.2, 0.25) is 0 Å². The van der Waals surface area contributed by atoms with Gasteiger partial charge in [-0.2, -0.15) is 0 Å². The summed E-state index contributed by atoms with van der Waals surface area (Å²) in [5.74, 6) is 1.46. The lowest BCUT2D eigenvalue weighted by molar-refractivity contribution is 0.128. The SMILES string of the molecule is CCc1cc(NCC(C)OC)nc(-c2ccccn2)n1. The fourth-order valence-corrected chi connectivity index (χ4v) is 1.71. The van der Waals surface area contributed by atoms with Gasteiger partial charge in [0.05, 0.1) is 6.10 Å². The van der Waals surface area contributed by atoms with Gasteiger partial charge < -0.3 is 10.1 Å². The Morgan fingerprint density at radius 2 is 2.15 bits per heavy atom. The van der Waals surface area contributed by atoms with Gasteiger partial charge in [-0.1, -0.05) is 13.0 Å². The molecular formula is C15H20N4O. The molecule has 1 atom stereocenters.